The maximum Gasteiger partial charge on any atom is 0.339 e. The molecule has 0 aromatic heterocycles. The van der Waals surface area contributed by atoms with E-state index in [1.54, 1.807) is 30.3 Å². The van der Waals surface area contributed by atoms with Gasteiger partial charge in [-0.2, -0.15) is 0 Å². The van der Waals surface area contributed by atoms with Crippen molar-refractivity contribution in [2.45, 2.75) is 19.4 Å². The Kier molecular flexibility index (Phi) is 6.34. The number of carbonyl (C=O) groups excluding carboxylic acids is 2. The van der Waals surface area contributed by atoms with Crippen molar-refractivity contribution >= 4 is 29.2 Å². The van der Waals surface area contributed by atoms with Crippen LogP contribution in [0.25, 0.3) is 0 Å². The molecule has 0 radical (unpaired) electrons. The number of hydrogen-bond acceptors (Lipinski definition) is 4. The highest BCUT2D eigenvalue weighted by atomic mass is 35.5. The number of ether oxygens (including phenoxy) is 1. The highest BCUT2D eigenvalue weighted by Gasteiger charge is 2.24. The zero-order valence-electron chi connectivity index (χ0n) is 14.7. The Morgan fingerprint density at radius 3 is 2.54 bits per heavy atom. The van der Waals surface area contributed by atoms with Gasteiger partial charge >= 0.3 is 5.97 Å². The topological polar surface area (TPSA) is 67.4 Å². The fourth-order valence-electron chi connectivity index (χ4n) is 2.47. The Morgan fingerprint density at radius 1 is 1.19 bits per heavy atom. The second-order valence-corrected chi connectivity index (χ2v) is 6.60. The van der Waals surface area contributed by atoms with Gasteiger partial charge in [0, 0.05) is 10.6 Å². The molecule has 0 aliphatic heterocycles. The first-order valence-electron chi connectivity index (χ1n) is 7.92. The summed E-state index contributed by atoms with van der Waals surface area (Å²) in [6, 6.07) is 10.7. The first-order valence-corrected chi connectivity index (χ1v) is 8.30. The minimum Gasteiger partial charge on any atom is -0.465 e. The average Bonchev–Trinajstić information content (AvgIpc) is 2.59. The minimum absolute atomic E-state index is 0.0315. The largest absolute Gasteiger partial charge is 0.465 e. The highest BCUT2D eigenvalue weighted by molar-refractivity contribution is 6.31. The van der Waals surface area contributed by atoms with Gasteiger partial charge in [0.05, 0.1) is 24.9 Å². The van der Waals surface area contributed by atoms with Crippen molar-refractivity contribution in [3.8, 4) is 0 Å². The van der Waals surface area contributed by atoms with E-state index in [1.165, 1.54) is 19.2 Å². The predicted octanol–water partition coefficient (Wildman–Crippen LogP) is 3.73. The molecular formula is C19H20ClFN2O3. The number of rotatable bonds is 6. The molecule has 0 unspecified atom stereocenters. The van der Waals surface area contributed by atoms with Crippen molar-refractivity contribution in [3.05, 3.63) is 64.4 Å². The van der Waals surface area contributed by atoms with E-state index < -0.39 is 17.3 Å². The predicted molar refractivity (Wildman–Crippen MR) is 98.8 cm³/mol. The molecule has 0 saturated carbocycles. The first kappa shape index (κ1) is 19.9. The number of amides is 1. The molecule has 0 heterocycles. The molecular weight excluding hydrogens is 359 g/mol. The summed E-state index contributed by atoms with van der Waals surface area (Å²) in [5, 5.41) is 6.04. The molecule has 5 nitrogen and oxygen atoms in total. The smallest absolute Gasteiger partial charge is 0.339 e. The quantitative estimate of drug-likeness (QED) is 0.751. The molecule has 0 spiro atoms. The monoisotopic (exact) mass is 378 g/mol. The van der Waals surface area contributed by atoms with Crippen LogP contribution in [0.2, 0.25) is 5.02 Å². The van der Waals surface area contributed by atoms with Gasteiger partial charge in [-0.15, -0.1) is 0 Å². The minimum atomic E-state index is -0.663. The third-order valence-corrected chi connectivity index (χ3v) is 4.21. The normalized spacial score (nSPS) is 11.1. The lowest BCUT2D eigenvalue weighted by Crippen LogP contribution is -2.41. The van der Waals surface area contributed by atoms with Crippen LogP contribution >= 0.6 is 11.6 Å². The number of halogens is 2. The van der Waals surface area contributed by atoms with E-state index in [9.17, 15) is 14.0 Å². The van der Waals surface area contributed by atoms with E-state index in [4.69, 9.17) is 16.3 Å². The molecule has 0 aliphatic rings. The number of para-hydroxylation sites is 1. The second-order valence-electron chi connectivity index (χ2n) is 6.19. The average molecular weight is 379 g/mol. The summed E-state index contributed by atoms with van der Waals surface area (Å²) < 4.78 is 17.9. The zero-order chi connectivity index (χ0) is 19.3. The number of carbonyl (C=O) groups is 2. The molecule has 0 aliphatic carbocycles. The number of benzene rings is 2. The SMILES string of the molecule is COC(=O)c1ccccc1NC(=O)CNC(C)(C)c1ccc(F)cc1Cl. The third-order valence-electron chi connectivity index (χ3n) is 3.90. The van der Waals surface area contributed by atoms with Crippen LogP contribution in [0, 0.1) is 5.82 Å². The Hall–Kier alpha value is -2.44. The van der Waals surface area contributed by atoms with Crippen molar-refractivity contribution in [3.63, 3.8) is 0 Å². The molecule has 26 heavy (non-hydrogen) atoms. The molecule has 0 fully saturated rings. The lowest BCUT2D eigenvalue weighted by Gasteiger charge is -2.28. The summed E-state index contributed by atoms with van der Waals surface area (Å²) in [6.07, 6.45) is 0. The lowest BCUT2D eigenvalue weighted by molar-refractivity contribution is -0.115. The van der Waals surface area contributed by atoms with Crippen LogP contribution in [0.15, 0.2) is 42.5 Å². The number of esters is 1. The molecule has 0 saturated heterocycles. The number of anilines is 1. The van der Waals surface area contributed by atoms with Crippen LogP contribution in [0.1, 0.15) is 29.8 Å². The van der Waals surface area contributed by atoms with E-state index in [0.29, 0.717) is 11.3 Å². The van der Waals surface area contributed by atoms with Crippen LogP contribution in [0.3, 0.4) is 0 Å². The molecule has 138 valence electrons. The van der Waals surface area contributed by atoms with E-state index in [0.717, 1.165) is 0 Å². The summed E-state index contributed by atoms with van der Waals surface area (Å²) in [5.74, 6) is -1.30. The van der Waals surface area contributed by atoms with E-state index >= 15 is 0 Å². The van der Waals surface area contributed by atoms with Crippen LogP contribution in [0.5, 0.6) is 0 Å². The summed E-state index contributed by atoms with van der Waals surface area (Å²) >= 11 is 6.10. The Balaban J connectivity index is 2.06. The summed E-state index contributed by atoms with van der Waals surface area (Å²) in [6.45, 7) is 3.64. The standard InChI is InChI=1S/C19H20ClFN2O3/c1-19(2,14-9-8-12(21)10-15(14)20)22-11-17(24)23-16-7-5-4-6-13(16)18(25)26-3/h4-10,22H,11H2,1-3H3,(H,23,24). The number of nitrogens with one attached hydrogen (secondary N) is 2. The first-order chi connectivity index (χ1) is 12.2. The van der Waals surface area contributed by atoms with Gasteiger partial charge in [0.25, 0.3) is 0 Å². The molecule has 0 atom stereocenters. The Labute approximate surface area is 156 Å². The summed E-state index contributed by atoms with van der Waals surface area (Å²) in [4.78, 5) is 24.0. The fraction of sp³-hybridized carbons (Fsp3) is 0.263. The van der Waals surface area contributed by atoms with Crippen molar-refractivity contribution < 1.29 is 18.7 Å². The zero-order valence-corrected chi connectivity index (χ0v) is 15.5. The molecule has 1 amide bonds. The van der Waals surface area contributed by atoms with Crippen molar-refractivity contribution in [2.75, 3.05) is 19.0 Å². The highest BCUT2D eigenvalue weighted by Crippen LogP contribution is 2.28. The third kappa shape index (κ3) is 4.80. The fourth-order valence-corrected chi connectivity index (χ4v) is 2.87. The maximum atomic E-state index is 13.2. The molecule has 7 heteroatoms. The van der Waals surface area contributed by atoms with Crippen LogP contribution < -0.4 is 10.6 Å². The molecule has 2 N–H and O–H groups in total. The molecule has 2 aromatic rings. The summed E-state index contributed by atoms with van der Waals surface area (Å²) in [5.41, 5.74) is 0.639. The van der Waals surface area contributed by atoms with Gasteiger partial charge in [0.1, 0.15) is 5.82 Å². The van der Waals surface area contributed by atoms with Gasteiger partial charge in [-0.3, -0.25) is 10.1 Å². The van der Waals surface area contributed by atoms with Gasteiger partial charge in [-0.05, 0) is 43.7 Å². The van der Waals surface area contributed by atoms with Crippen molar-refractivity contribution in [1.82, 2.24) is 5.32 Å². The van der Waals surface area contributed by atoms with Gasteiger partial charge in [0.2, 0.25) is 5.91 Å². The number of hydrogen-bond donors (Lipinski definition) is 2. The molecule has 2 aromatic carbocycles. The van der Waals surface area contributed by atoms with Gasteiger partial charge in [-0.25, -0.2) is 9.18 Å². The van der Waals surface area contributed by atoms with Gasteiger partial charge in [0.15, 0.2) is 0 Å². The Bertz CT molecular complexity index is 824. The van der Waals surface area contributed by atoms with E-state index in [1.807, 2.05) is 13.8 Å². The lowest BCUT2D eigenvalue weighted by atomic mass is 9.94. The van der Waals surface area contributed by atoms with Crippen molar-refractivity contribution in [1.29, 1.82) is 0 Å². The van der Waals surface area contributed by atoms with Gasteiger partial charge in [-0.1, -0.05) is 29.8 Å². The molecule has 2 rings (SSSR count). The van der Waals surface area contributed by atoms with Crippen LogP contribution in [-0.4, -0.2) is 25.5 Å². The van der Waals surface area contributed by atoms with Crippen LogP contribution in [-0.2, 0) is 15.1 Å². The van der Waals surface area contributed by atoms with E-state index in [-0.39, 0.29) is 23.0 Å². The molecule has 0 bridgehead atoms. The Morgan fingerprint density at radius 2 is 1.88 bits per heavy atom. The number of methoxy groups -OCH3 is 1. The van der Waals surface area contributed by atoms with Crippen molar-refractivity contribution in [2.24, 2.45) is 0 Å². The maximum absolute atomic E-state index is 13.2. The summed E-state index contributed by atoms with van der Waals surface area (Å²) in [7, 11) is 1.28. The van der Waals surface area contributed by atoms with E-state index in [2.05, 4.69) is 10.6 Å². The van der Waals surface area contributed by atoms with Gasteiger partial charge < -0.3 is 10.1 Å². The van der Waals surface area contributed by atoms with Crippen LogP contribution in [0.4, 0.5) is 10.1 Å². The second kappa shape index (κ2) is 8.29.